The van der Waals surface area contributed by atoms with E-state index >= 15 is 0 Å². The number of carbonyl (C=O) groups is 1. The molecule has 0 saturated carbocycles. The molecule has 0 aliphatic rings. The summed E-state index contributed by atoms with van der Waals surface area (Å²) in [6, 6.07) is 7.76. The molecule has 0 aliphatic carbocycles. The average Bonchev–Trinajstić information content (AvgIpc) is 2.44. The van der Waals surface area contributed by atoms with E-state index in [1.165, 1.54) is 0 Å². The number of hydrogen-bond acceptors (Lipinski definition) is 3. The van der Waals surface area contributed by atoms with Gasteiger partial charge in [-0.1, -0.05) is 25.1 Å². The van der Waals surface area contributed by atoms with Crippen molar-refractivity contribution >= 4 is 5.91 Å². The van der Waals surface area contributed by atoms with Gasteiger partial charge in [0.1, 0.15) is 5.75 Å². The van der Waals surface area contributed by atoms with Crippen LogP contribution >= 0.6 is 0 Å². The van der Waals surface area contributed by atoms with Crippen LogP contribution in [0.5, 0.6) is 5.75 Å². The Bertz CT molecular complexity index is 446. The number of carbonyl (C=O) groups excluding carboxylic acids is 1. The first-order valence-electron chi connectivity index (χ1n) is 7.69. The second kappa shape index (κ2) is 8.67. The van der Waals surface area contributed by atoms with Gasteiger partial charge in [0, 0.05) is 12.0 Å². The number of rotatable bonds is 8. The third kappa shape index (κ3) is 6.17. The Hall–Kier alpha value is -1.55. The molecule has 4 nitrogen and oxygen atoms in total. The molecule has 118 valence electrons. The van der Waals surface area contributed by atoms with Gasteiger partial charge in [-0.25, -0.2) is 0 Å². The summed E-state index contributed by atoms with van der Waals surface area (Å²) in [5, 5.41) is 3.03. The minimum atomic E-state index is -0.0689. The minimum Gasteiger partial charge on any atom is -0.491 e. The molecule has 0 heterocycles. The lowest BCUT2D eigenvalue weighted by Crippen LogP contribution is -2.27. The fourth-order valence-corrected chi connectivity index (χ4v) is 2.09. The summed E-state index contributed by atoms with van der Waals surface area (Å²) in [5.74, 6) is 1.26. The molecule has 2 unspecified atom stereocenters. The number of ether oxygens (including phenoxy) is 1. The summed E-state index contributed by atoms with van der Waals surface area (Å²) in [4.78, 5) is 12.0. The van der Waals surface area contributed by atoms with E-state index in [-0.39, 0.29) is 18.1 Å². The van der Waals surface area contributed by atoms with Crippen LogP contribution < -0.4 is 15.8 Å². The summed E-state index contributed by atoms with van der Waals surface area (Å²) in [6.45, 7) is 8.64. The lowest BCUT2D eigenvalue weighted by Gasteiger charge is -2.20. The van der Waals surface area contributed by atoms with E-state index < -0.39 is 0 Å². The zero-order chi connectivity index (χ0) is 15.8. The monoisotopic (exact) mass is 292 g/mol. The van der Waals surface area contributed by atoms with Crippen LogP contribution in [0.15, 0.2) is 24.3 Å². The van der Waals surface area contributed by atoms with Crippen molar-refractivity contribution in [2.24, 2.45) is 11.7 Å². The largest absolute Gasteiger partial charge is 0.491 e. The lowest BCUT2D eigenvalue weighted by atomic mass is 10.0. The van der Waals surface area contributed by atoms with Crippen LogP contribution in [-0.2, 0) is 4.79 Å². The molecule has 0 aromatic heterocycles. The molecule has 0 radical (unpaired) electrons. The Balaban J connectivity index is 2.62. The van der Waals surface area contributed by atoms with E-state index in [9.17, 15) is 4.79 Å². The molecule has 1 aromatic carbocycles. The Kier molecular flexibility index (Phi) is 7.23. The first-order chi connectivity index (χ1) is 9.93. The number of benzene rings is 1. The molecule has 3 N–H and O–H groups in total. The smallest absolute Gasteiger partial charge is 0.220 e. The van der Waals surface area contributed by atoms with Gasteiger partial charge in [0.2, 0.25) is 5.91 Å². The molecule has 4 heteroatoms. The second-order valence-corrected chi connectivity index (χ2v) is 5.87. The van der Waals surface area contributed by atoms with Gasteiger partial charge in [0.15, 0.2) is 0 Å². The topological polar surface area (TPSA) is 64.4 Å². The van der Waals surface area contributed by atoms with Crippen molar-refractivity contribution in [3.05, 3.63) is 29.8 Å². The van der Waals surface area contributed by atoms with Crippen molar-refractivity contribution in [3.63, 3.8) is 0 Å². The number of hydrogen-bond donors (Lipinski definition) is 2. The fourth-order valence-electron chi connectivity index (χ4n) is 2.09. The molecular formula is C17H28N2O2. The molecule has 21 heavy (non-hydrogen) atoms. The number of nitrogens with two attached hydrogens (primary N) is 1. The molecule has 0 bridgehead atoms. The van der Waals surface area contributed by atoms with Crippen LogP contribution in [0.4, 0.5) is 0 Å². The van der Waals surface area contributed by atoms with Gasteiger partial charge in [-0.05, 0) is 45.7 Å². The van der Waals surface area contributed by atoms with E-state index in [0.717, 1.165) is 17.7 Å². The normalized spacial score (nSPS) is 13.8. The van der Waals surface area contributed by atoms with Crippen LogP contribution in [0.2, 0.25) is 0 Å². The van der Waals surface area contributed by atoms with Crippen molar-refractivity contribution in [1.29, 1.82) is 0 Å². The minimum absolute atomic E-state index is 0.0575. The summed E-state index contributed by atoms with van der Waals surface area (Å²) < 4.78 is 5.80. The quantitative estimate of drug-likeness (QED) is 0.774. The highest BCUT2D eigenvalue weighted by molar-refractivity contribution is 5.76. The predicted octanol–water partition coefficient (Wildman–Crippen LogP) is 3.03. The maximum absolute atomic E-state index is 12.0. The molecule has 1 aromatic rings. The fraction of sp³-hybridized carbons (Fsp3) is 0.588. The summed E-state index contributed by atoms with van der Waals surface area (Å²) in [6.07, 6.45) is 1.44. The van der Waals surface area contributed by atoms with Gasteiger partial charge in [0.05, 0.1) is 12.1 Å². The summed E-state index contributed by atoms with van der Waals surface area (Å²) in [7, 11) is 0. The molecule has 0 spiro atoms. The summed E-state index contributed by atoms with van der Waals surface area (Å²) >= 11 is 0. The van der Waals surface area contributed by atoms with Crippen LogP contribution in [-0.4, -0.2) is 18.6 Å². The van der Waals surface area contributed by atoms with Crippen LogP contribution in [0.25, 0.3) is 0 Å². The van der Waals surface area contributed by atoms with Crippen LogP contribution in [0.3, 0.4) is 0 Å². The Morgan fingerprint density at radius 2 is 1.90 bits per heavy atom. The Labute approximate surface area is 128 Å². The molecular weight excluding hydrogens is 264 g/mol. The SMILES string of the molecule is CC(CN)CCC(=O)NC(C)c1ccccc1OC(C)C. The first kappa shape index (κ1) is 17.5. The zero-order valence-electron chi connectivity index (χ0n) is 13.6. The van der Waals surface area contributed by atoms with Gasteiger partial charge in [-0.3, -0.25) is 4.79 Å². The molecule has 0 aliphatic heterocycles. The van der Waals surface area contributed by atoms with Crippen molar-refractivity contribution in [1.82, 2.24) is 5.32 Å². The molecule has 0 saturated heterocycles. The molecule has 1 amide bonds. The van der Waals surface area contributed by atoms with Gasteiger partial charge in [0.25, 0.3) is 0 Å². The highest BCUT2D eigenvalue weighted by Gasteiger charge is 2.15. The van der Waals surface area contributed by atoms with E-state index in [1.54, 1.807) is 0 Å². The number of nitrogens with one attached hydrogen (secondary N) is 1. The van der Waals surface area contributed by atoms with E-state index in [0.29, 0.717) is 18.9 Å². The Morgan fingerprint density at radius 3 is 2.52 bits per heavy atom. The zero-order valence-corrected chi connectivity index (χ0v) is 13.6. The van der Waals surface area contributed by atoms with Gasteiger partial charge < -0.3 is 15.8 Å². The van der Waals surface area contributed by atoms with Crippen LogP contribution in [0, 0.1) is 5.92 Å². The summed E-state index contributed by atoms with van der Waals surface area (Å²) in [5.41, 5.74) is 6.57. The first-order valence-corrected chi connectivity index (χ1v) is 7.69. The highest BCUT2D eigenvalue weighted by Crippen LogP contribution is 2.25. The highest BCUT2D eigenvalue weighted by atomic mass is 16.5. The van der Waals surface area contributed by atoms with Gasteiger partial charge >= 0.3 is 0 Å². The number of amides is 1. The third-order valence-corrected chi connectivity index (χ3v) is 3.39. The van der Waals surface area contributed by atoms with Crippen molar-refractivity contribution < 1.29 is 9.53 Å². The average molecular weight is 292 g/mol. The maximum Gasteiger partial charge on any atom is 0.220 e. The lowest BCUT2D eigenvalue weighted by molar-refractivity contribution is -0.122. The predicted molar refractivity (Wildman–Crippen MR) is 86.2 cm³/mol. The van der Waals surface area contributed by atoms with Crippen LogP contribution in [0.1, 0.15) is 52.1 Å². The van der Waals surface area contributed by atoms with Crippen molar-refractivity contribution in [2.75, 3.05) is 6.54 Å². The molecule has 0 fully saturated rings. The third-order valence-electron chi connectivity index (χ3n) is 3.39. The molecule has 2 atom stereocenters. The van der Waals surface area contributed by atoms with E-state index in [1.807, 2.05) is 45.0 Å². The van der Waals surface area contributed by atoms with Crippen molar-refractivity contribution in [2.45, 2.75) is 52.7 Å². The Morgan fingerprint density at radius 1 is 1.24 bits per heavy atom. The maximum atomic E-state index is 12.0. The molecule has 1 rings (SSSR count). The van der Waals surface area contributed by atoms with Gasteiger partial charge in [-0.2, -0.15) is 0 Å². The second-order valence-electron chi connectivity index (χ2n) is 5.87. The van der Waals surface area contributed by atoms with E-state index in [4.69, 9.17) is 10.5 Å². The van der Waals surface area contributed by atoms with Gasteiger partial charge in [-0.15, -0.1) is 0 Å². The van der Waals surface area contributed by atoms with E-state index in [2.05, 4.69) is 12.2 Å². The number of para-hydroxylation sites is 1. The standard InChI is InChI=1S/C17H28N2O2/c1-12(2)21-16-8-6-5-7-15(16)14(4)19-17(20)10-9-13(3)11-18/h5-8,12-14H,9-11,18H2,1-4H3,(H,19,20). The van der Waals surface area contributed by atoms with Crippen molar-refractivity contribution in [3.8, 4) is 5.75 Å².